The van der Waals surface area contributed by atoms with Gasteiger partial charge in [0.25, 0.3) is 0 Å². The van der Waals surface area contributed by atoms with E-state index in [-0.39, 0.29) is 0 Å². The Bertz CT molecular complexity index is 2570. The summed E-state index contributed by atoms with van der Waals surface area (Å²) < 4.78 is 73.2. The van der Waals surface area contributed by atoms with Crippen molar-refractivity contribution in [3.05, 3.63) is 0 Å². The minimum atomic E-state index is -2.60. The molecular weight excluding hydrogens is 1280 g/mol. The summed E-state index contributed by atoms with van der Waals surface area (Å²) in [6.07, 6.45) is -68.6. The van der Waals surface area contributed by atoms with Crippen LogP contribution in [0.15, 0.2) is 0 Å². The van der Waals surface area contributed by atoms with Crippen LogP contribution < -0.4 is 21.3 Å². The molecule has 0 aromatic carbocycles. The monoisotopic (exact) mass is 1360 g/mol. The molecule has 4 amide bonds. The molecule has 0 aromatic rings. The van der Waals surface area contributed by atoms with Gasteiger partial charge in [-0.1, -0.05) is 0 Å². The van der Waals surface area contributed by atoms with E-state index < -0.39 is 283 Å². The van der Waals surface area contributed by atoms with Crippen molar-refractivity contribution in [1.29, 1.82) is 0 Å². The van der Waals surface area contributed by atoms with E-state index in [9.17, 15) is 131 Å². The van der Waals surface area contributed by atoms with Gasteiger partial charge in [0.1, 0.15) is 152 Å². The molecule has 7 aliphatic rings. The Labute approximate surface area is 522 Å². The van der Waals surface area contributed by atoms with Gasteiger partial charge < -0.3 is 180 Å². The van der Waals surface area contributed by atoms with Crippen molar-refractivity contribution in [1.82, 2.24) is 21.3 Å². The maximum absolute atomic E-state index is 13.1. The minimum absolute atomic E-state index is 0.821. The normalized spacial score (nSPS) is 46.3. The van der Waals surface area contributed by atoms with E-state index in [4.69, 9.17) is 61.6 Å². The Kier molecular flexibility index (Phi) is 26.0. The molecule has 7 aliphatic heterocycles. The van der Waals surface area contributed by atoms with Gasteiger partial charge in [0.05, 0.1) is 26.4 Å². The number of carbonyl (C=O) groups excluding carboxylic acids is 4. The van der Waals surface area contributed by atoms with Crippen molar-refractivity contribution < 1.29 is 192 Å². The Morgan fingerprint density at radius 1 is 0.290 bits per heavy atom. The van der Waals surface area contributed by atoms with Crippen LogP contribution in [0.25, 0.3) is 0 Å². The number of nitrogens with one attached hydrogen (secondary N) is 4. The molecule has 43 nitrogen and oxygen atoms in total. The zero-order valence-corrected chi connectivity index (χ0v) is 49.2. The van der Waals surface area contributed by atoms with E-state index in [1.165, 1.54) is 0 Å². The van der Waals surface area contributed by atoms with Crippen LogP contribution in [-0.2, 0) is 95.1 Å². The van der Waals surface area contributed by atoms with E-state index in [0.717, 1.165) is 27.7 Å². The molecule has 0 saturated carbocycles. The molecule has 7 saturated heterocycles. The summed E-state index contributed by atoms with van der Waals surface area (Å²) in [6.45, 7) is -0.590. The number of aliphatic hydroxyl groups excluding tert-OH is 16. The number of hydrogen-bond donors (Lipinski definition) is 23. The second kappa shape index (κ2) is 32.0. The van der Waals surface area contributed by atoms with Crippen LogP contribution in [0.2, 0.25) is 0 Å². The van der Waals surface area contributed by atoms with Gasteiger partial charge in [0.2, 0.25) is 23.6 Å². The quantitative estimate of drug-likeness (QED) is 0.0452. The molecule has 1 unspecified atom stereocenters. The van der Waals surface area contributed by atoms with Gasteiger partial charge in [-0.2, -0.15) is 0 Å². The Morgan fingerprint density at radius 2 is 0.538 bits per heavy atom. The summed E-state index contributed by atoms with van der Waals surface area (Å²) in [7, 11) is 0. The maximum atomic E-state index is 13.1. The topological polar surface area (TPSA) is 672 Å². The van der Waals surface area contributed by atoms with Crippen molar-refractivity contribution in [3.63, 3.8) is 0 Å². The zero-order chi connectivity index (χ0) is 69.1. The van der Waals surface area contributed by atoms with Crippen molar-refractivity contribution in [2.24, 2.45) is 0 Å². The van der Waals surface area contributed by atoms with Crippen molar-refractivity contribution in [3.8, 4) is 0 Å². The highest BCUT2D eigenvalue weighted by Crippen LogP contribution is 2.38. The predicted octanol–water partition coefficient (Wildman–Crippen LogP) is -15.4. The lowest BCUT2D eigenvalue weighted by Gasteiger charge is -2.50. The molecule has 43 heteroatoms. The fourth-order valence-corrected chi connectivity index (χ4v) is 11.5. The zero-order valence-electron chi connectivity index (χ0n) is 49.2. The van der Waals surface area contributed by atoms with E-state index >= 15 is 0 Å². The molecule has 93 heavy (non-hydrogen) atoms. The van der Waals surface area contributed by atoms with Gasteiger partial charge in [-0.15, -0.1) is 0 Å². The standard InChI is InChI=1S/C50H78N4O39/c1-9(59)51-17-25(67)21(63)13(5-55)82-45(17)88-35-26(68)30(72)49(92-38(35)41(74)75)86-33-19(53-11(3)61)47(84-15(7-57)23(33)65)90-37-28(70)31(73)50(93-40(37)43(78)79)87-34-20(54-12(4)62)46(83-16(8-58)24(34)66)89-36-27(69)29(71)48(91-39(36)42(76)77)85-32-18(52-10(2)60)44(80)81-14(6-56)22(32)64/h13-40,44-50,55-58,63-73,80H,5-8H2,1-4H3,(H,51,59)(H,52,60)(H,53,61)(H,54,62)(H,74,75)(H,76,77)(H,78,79)/t13-,14-,15-,16-,17-,18-,19-,20-,21+,22+,23+,24+,25-,26-,27-,28-,29-,30-,31-,32-,33-,34-,35+,36+,37+,38+,39+,40+,44?,45+,46+,47+,48-,49-,50-/m1/s1. The van der Waals surface area contributed by atoms with Crippen LogP contribution in [0.4, 0.5) is 0 Å². The lowest BCUT2D eigenvalue weighted by Crippen LogP contribution is -2.71. The molecule has 7 heterocycles. The van der Waals surface area contributed by atoms with Crippen molar-refractivity contribution in [2.45, 2.75) is 242 Å². The Balaban J connectivity index is 1.11. The first-order valence-corrected chi connectivity index (χ1v) is 28.6. The first kappa shape index (κ1) is 75.5. The Morgan fingerprint density at radius 3 is 0.828 bits per heavy atom. The first-order valence-electron chi connectivity index (χ1n) is 28.6. The van der Waals surface area contributed by atoms with Gasteiger partial charge in [-0.3, -0.25) is 19.2 Å². The van der Waals surface area contributed by atoms with E-state index in [0.29, 0.717) is 0 Å². The maximum Gasteiger partial charge on any atom is 0.335 e. The molecule has 7 rings (SSSR count). The number of ether oxygens (including phenoxy) is 13. The molecular formula is C50H78N4O39. The van der Waals surface area contributed by atoms with Crippen LogP contribution in [0, 0.1) is 0 Å². The van der Waals surface area contributed by atoms with Crippen molar-refractivity contribution in [2.75, 3.05) is 26.4 Å². The summed E-state index contributed by atoms with van der Waals surface area (Å²) in [6, 6.07) is -7.50. The minimum Gasteiger partial charge on any atom is -0.479 e. The highest BCUT2D eigenvalue weighted by molar-refractivity contribution is 5.76. The van der Waals surface area contributed by atoms with Crippen LogP contribution in [0.5, 0.6) is 0 Å². The molecule has 7 fully saturated rings. The van der Waals surface area contributed by atoms with Gasteiger partial charge in [0, 0.05) is 27.7 Å². The van der Waals surface area contributed by atoms with Gasteiger partial charge in [-0.05, 0) is 0 Å². The first-order chi connectivity index (χ1) is 43.7. The lowest BCUT2D eigenvalue weighted by atomic mass is 9.93. The largest absolute Gasteiger partial charge is 0.479 e. The van der Waals surface area contributed by atoms with Gasteiger partial charge in [0.15, 0.2) is 62.3 Å². The van der Waals surface area contributed by atoms with Gasteiger partial charge in [-0.25, -0.2) is 14.4 Å². The summed E-state index contributed by atoms with van der Waals surface area (Å²) in [5.74, 6) is -9.72. The number of hydrogen-bond acceptors (Lipinski definition) is 36. The van der Waals surface area contributed by atoms with Crippen LogP contribution in [0.1, 0.15) is 27.7 Å². The molecule has 0 radical (unpaired) electrons. The SMILES string of the molecule is CC(=O)N[C@H]1[C@H](O[C@H]2[C@H](O)[C@@H](O)[C@H](O[C@H]3[C@@H](O)[C@@H](CO)O[C@@H](O[C@H]4[C@H](O)[C@@H](O)[C@H](O[C@H]5[C@@H](O)[C@@H](CO)O[C@@H](O[C@H]6[C@H](O)[C@@H](O)[C@H](O[C@H]7[C@@H](O)[C@@H](CO)OC(O)[C@@H]7NC(C)=O)O[C@@H]6C(=O)O)[C@@H]5NC(C)=O)O[C@@H]4C(=O)O)[C@@H]3NC(C)=O)O[C@@H]2C(=O)O)O[C@H](CO)[C@H](O)[C@@H]1O. The smallest absolute Gasteiger partial charge is 0.335 e. The van der Waals surface area contributed by atoms with Crippen LogP contribution in [-0.4, -0.2) is 380 Å². The fraction of sp³-hybridized carbons (Fsp3) is 0.860. The third kappa shape index (κ3) is 16.6. The Hall–Kier alpha value is -4.87. The predicted molar refractivity (Wildman–Crippen MR) is 280 cm³/mol. The molecule has 532 valence electrons. The number of carboxylic acid groups (broad SMARTS) is 3. The highest BCUT2D eigenvalue weighted by atomic mass is 16.8. The molecule has 23 N–H and O–H groups in total. The number of rotatable bonds is 23. The van der Waals surface area contributed by atoms with E-state index in [1.54, 1.807) is 0 Å². The summed E-state index contributed by atoms with van der Waals surface area (Å²) >= 11 is 0. The van der Waals surface area contributed by atoms with Crippen LogP contribution >= 0.6 is 0 Å². The summed E-state index contributed by atoms with van der Waals surface area (Å²) in [4.78, 5) is 88.5. The van der Waals surface area contributed by atoms with Gasteiger partial charge >= 0.3 is 17.9 Å². The molecule has 0 spiro atoms. The van der Waals surface area contributed by atoms with E-state index in [1.807, 2.05) is 0 Å². The third-order valence-corrected chi connectivity index (χ3v) is 16.1. The second-order valence-electron chi connectivity index (χ2n) is 22.6. The number of carboxylic acids is 3. The number of aliphatic carboxylic acids is 3. The highest BCUT2D eigenvalue weighted by Gasteiger charge is 2.61. The average Bonchev–Trinajstić information content (AvgIpc) is 0.786. The van der Waals surface area contributed by atoms with E-state index in [2.05, 4.69) is 21.3 Å². The number of aliphatic hydroxyl groups is 16. The fourth-order valence-electron chi connectivity index (χ4n) is 11.5. The number of carbonyl (C=O) groups is 7. The molecule has 0 bridgehead atoms. The summed E-state index contributed by atoms with van der Waals surface area (Å²) in [5, 5.41) is 216. The molecule has 35 atom stereocenters. The van der Waals surface area contributed by atoms with Crippen LogP contribution in [0.3, 0.4) is 0 Å². The number of amides is 4. The second-order valence-corrected chi connectivity index (χ2v) is 22.6. The third-order valence-electron chi connectivity index (χ3n) is 16.1. The average molecular weight is 1360 g/mol. The lowest BCUT2D eigenvalue weighted by molar-refractivity contribution is -0.379. The summed E-state index contributed by atoms with van der Waals surface area (Å²) in [5.41, 5.74) is 0. The molecule has 0 aliphatic carbocycles. The molecule has 0 aromatic heterocycles. The van der Waals surface area contributed by atoms with Crippen molar-refractivity contribution >= 4 is 41.5 Å².